The van der Waals surface area contributed by atoms with Crippen LogP contribution >= 0.6 is 11.8 Å². The minimum absolute atomic E-state index is 0.0843. The summed E-state index contributed by atoms with van der Waals surface area (Å²) < 4.78 is 0. The molecule has 0 radical (unpaired) electrons. The van der Waals surface area contributed by atoms with E-state index in [-0.39, 0.29) is 5.91 Å². The maximum absolute atomic E-state index is 12.3. The third kappa shape index (κ3) is 2.78. The summed E-state index contributed by atoms with van der Waals surface area (Å²) >= 11 is 1.68. The second kappa shape index (κ2) is 6.02. The molecule has 0 atom stereocenters. The fourth-order valence-corrected chi connectivity index (χ4v) is 3.01. The van der Waals surface area contributed by atoms with Crippen LogP contribution in [0.15, 0.2) is 71.6 Å². The van der Waals surface area contributed by atoms with Crippen LogP contribution in [0, 0.1) is 0 Å². The van der Waals surface area contributed by atoms with E-state index in [0.717, 1.165) is 21.4 Å². The Morgan fingerprint density at radius 1 is 0.905 bits per heavy atom. The lowest BCUT2D eigenvalue weighted by molar-refractivity contribution is 0.102. The molecule has 0 spiro atoms. The molecule has 3 aromatic carbocycles. The summed E-state index contributed by atoms with van der Waals surface area (Å²) in [4.78, 5) is 13.5. The maximum Gasteiger partial charge on any atom is 0.255 e. The van der Waals surface area contributed by atoms with Gasteiger partial charge >= 0.3 is 0 Å². The minimum Gasteiger partial charge on any atom is -0.321 e. The molecule has 2 nitrogen and oxygen atoms in total. The largest absolute Gasteiger partial charge is 0.321 e. The standard InChI is InChI=1S/C18H15NOS/c1-21-16-12-6-10-13-9-5-11-15(17(13)16)19-18(20)14-7-3-2-4-8-14/h2-12H,1H3,(H,19,20). The normalized spacial score (nSPS) is 10.5. The highest BCUT2D eigenvalue weighted by Gasteiger charge is 2.10. The third-order valence-electron chi connectivity index (χ3n) is 3.37. The molecule has 0 unspecified atom stereocenters. The zero-order valence-electron chi connectivity index (χ0n) is 11.7. The average Bonchev–Trinajstić information content (AvgIpc) is 2.55. The first-order valence-corrected chi connectivity index (χ1v) is 7.94. The Balaban J connectivity index is 2.03. The van der Waals surface area contributed by atoms with Crippen LogP contribution in [-0.2, 0) is 0 Å². The van der Waals surface area contributed by atoms with Gasteiger partial charge in [0.25, 0.3) is 5.91 Å². The first-order chi connectivity index (χ1) is 10.3. The van der Waals surface area contributed by atoms with E-state index in [1.165, 1.54) is 0 Å². The molecule has 0 aliphatic heterocycles. The highest BCUT2D eigenvalue weighted by molar-refractivity contribution is 7.98. The van der Waals surface area contributed by atoms with Crippen LogP contribution in [0.1, 0.15) is 10.4 Å². The lowest BCUT2D eigenvalue weighted by Gasteiger charge is -2.11. The fraction of sp³-hybridized carbons (Fsp3) is 0.0556. The van der Waals surface area contributed by atoms with Gasteiger partial charge in [-0.1, -0.05) is 42.5 Å². The van der Waals surface area contributed by atoms with E-state index in [2.05, 4.69) is 23.5 Å². The molecule has 3 heteroatoms. The molecule has 21 heavy (non-hydrogen) atoms. The molecule has 0 aromatic heterocycles. The zero-order chi connectivity index (χ0) is 14.7. The molecule has 0 heterocycles. The molecule has 104 valence electrons. The molecule has 0 aliphatic rings. The van der Waals surface area contributed by atoms with E-state index in [1.807, 2.05) is 54.8 Å². The minimum atomic E-state index is -0.0843. The monoisotopic (exact) mass is 293 g/mol. The fourth-order valence-electron chi connectivity index (χ4n) is 2.36. The van der Waals surface area contributed by atoms with E-state index < -0.39 is 0 Å². The Hall–Kier alpha value is -2.26. The van der Waals surface area contributed by atoms with Crippen LogP contribution in [0.5, 0.6) is 0 Å². The number of benzene rings is 3. The van der Waals surface area contributed by atoms with Crippen LogP contribution in [0.4, 0.5) is 5.69 Å². The zero-order valence-corrected chi connectivity index (χ0v) is 12.5. The van der Waals surface area contributed by atoms with Gasteiger partial charge in [0, 0.05) is 15.8 Å². The maximum atomic E-state index is 12.3. The predicted octanol–water partition coefficient (Wildman–Crippen LogP) is 4.81. The summed E-state index contributed by atoms with van der Waals surface area (Å²) in [5, 5.41) is 5.25. The Bertz CT molecular complexity index is 778. The van der Waals surface area contributed by atoms with Crippen molar-refractivity contribution in [1.29, 1.82) is 0 Å². The first-order valence-electron chi connectivity index (χ1n) is 6.72. The van der Waals surface area contributed by atoms with Gasteiger partial charge < -0.3 is 5.32 Å². The van der Waals surface area contributed by atoms with Crippen LogP contribution in [0.25, 0.3) is 10.8 Å². The van der Waals surface area contributed by atoms with E-state index in [1.54, 1.807) is 11.8 Å². The van der Waals surface area contributed by atoms with Gasteiger partial charge in [-0.3, -0.25) is 4.79 Å². The number of hydrogen-bond donors (Lipinski definition) is 1. The quantitative estimate of drug-likeness (QED) is 0.702. The van der Waals surface area contributed by atoms with Crippen molar-refractivity contribution in [2.24, 2.45) is 0 Å². The van der Waals surface area contributed by atoms with Crippen molar-refractivity contribution >= 4 is 34.1 Å². The van der Waals surface area contributed by atoms with Gasteiger partial charge in [0.15, 0.2) is 0 Å². The second-order valence-electron chi connectivity index (χ2n) is 4.68. The van der Waals surface area contributed by atoms with Gasteiger partial charge in [-0.15, -0.1) is 11.8 Å². The number of rotatable bonds is 3. The summed E-state index contributed by atoms with van der Waals surface area (Å²) in [5.41, 5.74) is 1.52. The van der Waals surface area contributed by atoms with Crippen molar-refractivity contribution < 1.29 is 4.79 Å². The summed E-state index contributed by atoms with van der Waals surface area (Å²) in [6.07, 6.45) is 2.05. The van der Waals surface area contributed by atoms with Gasteiger partial charge in [0.2, 0.25) is 0 Å². The van der Waals surface area contributed by atoms with Gasteiger partial charge in [0.05, 0.1) is 5.69 Å². The molecule has 0 fully saturated rings. The first kappa shape index (κ1) is 13.7. The molecule has 0 aliphatic carbocycles. The van der Waals surface area contributed by atoms with Crippen molar-refractivity contribution in [1.82, 2.24) is 0 Å². The molecular weight excluding hydrogens is 278 g/mol. The number of fused-ring (bicyclic) bond motifs is 1. The lowest BCUT2D eigenvalue weighted by atomic mass is 10.1. The Morgan fingerprint density at radius 2 is 1.62 bits per heavy atom. The van der Waals surface area contributed by atoms with Crippen LogP contribution in [-0.4, -0.2) is 12.2 Å². The van der Waals surface area contributed by atoms with Gasteiger partial charge in [-0.05, 0) is 35.9 Å². The molecule has 0 bridgehead atoms. The topological polar surface area (TPSA) is 29.1 Å². The summed E-state index contributed by atoms with van der Waals surface area (Å²) in [6, 6.07) is 21.4. The number of carbonyl (C=O) groups is 1. The van der Waals surface area contributed by atoms with Crippen molar-refractivity contribution in [2.45, 2.75) is 4.90 Å². The number of anilines is 1. The SMILES string of the molecule is CSc1cccc2cccc(NC(=O)c3ccccc3)c12. The number of amides is 1. The molecule has 1 amide bonds. The molecule has 3 rings (SSSR count). The van der Waals surface area contributed by atoms with Gasteiger partial charge in [-0.25, -0.2) is 0 Å². The summed E-state index contributed by atoms with van der Waals surface area (Å²) in [7, 11) is 0. The van der Waals surface area contributed by atoms with E-state index in [0.29, 0.717) is 5.56 Å². The average molecular weight is 293 g/mol. The Kier molecular flexibility index (Phi) is 3.93. The highest BCUT2D eigenvalue weighted by atomic mass is 32.2. The number of hydrogen-bond acceptors (Lipinski definition) is 2. The van der Waals surface area contributed by atoms with Crippen molar-refractivity contribution in [2.75, 3.05) is 11.6 Å². The van der Waals surface area contributed by atoms with Crippen molar-refractivity contribution in [3.05, 3.63) is 72.3 Å². The van der Waals surface area contributed by atoms with E-state index >= 15 is 0 Å². The van der Waals surface area contributed by atoms with Crippen molar-refractivity contribution in [3.63, 3.8) is 0 Å². The lowest BCUT2D eigenvalue weighted by Crippen LogP contribution is -2.12. The Labute approximate surface area is 128 Å². The highest BCUT2D eigenvalue weighted by Crippen LogP contribution is 2.32. The van der Waals surface area contributed by atoms with E-state index in [9.17, 15) is 4.79 Å². The Morgan fingerprint density at radius 3 is 2.33 bits per heavy atom. The predicted molar refractivity (Wildman–Crippen MR) is 90.1 cm³/mol. The number of carbonyl (C=O) groups excluding carboxylic acids is 1. The van der Waals surface area contributed by atoms with Crippen LogP contribution in [0.2, 0.25) is 0 Å². The van der Waals surface area contributed by atoms with Crippen molar-refractivity contribution in [3.8, 4) is 0 Å². The summed E-state index contributed by atoms with van der Waals surface area (Å²) in [6.45, 7) is 0. The van der Waals surface area contributed by atoms with E-state index in [4.69, 9.17) is 0 Å². The summed E-state index contributed by atoms with van der Waals surface area (Å²) in [5.74, 6) is -0.0843. The number of thioether (sulfide) groups is 1. The van der Waals surface area contributed by atoms with Crippen LogP contribution < -0.4 is 5.32 Å². The number of nitrogens with one attached hydrogen (secondary N) is 1. The molecule has 0 saturated heterocycles. The smallest absolute Gasteiger partial charge is 0.255 e. The van der Waals surface area contributed by atoms with Gasteiger partial charge in [-0.2, -0.15) is 0 Å². The van der Waals surface area contributed by atoms with Crippen LogP contribution in [0.3, 0.4) is 0 Å². The molecule has 1 N–H and O–H groups in total. The molecule has 0 saturated carbocycles. The molecular formula is C18H15NOS. The molecule has 3 aromatic rings. The van der Waals surface area contributed by atoms with Gasteiger partial charge in [0.1, 0.15) is 0 Å². The second-order valence-corrected chi connectivity index (χ2v) is 5.53. The third-order valence-corrected chi connectivity index (χ3v) is 4.15.